The Morgan fingerprint density at radius 2 is 1.61 bits per heavy atom. The molecule has 0 radical (unpaired) electrons. The summed E-state index contributed by atoms with van der Waals surface area (Å²) >= 11 is 0. The van der Waals surface area contributed by atoms with Crippen LogP contribution < -0.4 is 0 Å². The number of amides is 3. The Kier molecular flexibility index (Phi) is 8.71. The van der Waals surface area contributed by atoms with Gasteiger partial charge in [-0.05, 0) is 24.8 Å². The number of aliphatic hydroxyl groups is 1. The van der Waals surface area contributed by atoms with Gasteiger partial charge in [-0.2, -0.15) is 0 Å². The van der Waals surface area contributed by atoms with E-state index in [1.165, 1.54) is 0 Å². The number of likely N-dealkylation sites (tertiary alicyclic amines) is 1. The number of aliphatic hydroxyl groups excluding tert-OH is 1. The lowest BCUT2D eigenvalue weighted by atomic mass is 9.74. The van der Waals surface area contributed by atoms with Gasteiger partial charge in [0, 0.05) is 45.8 Å². The number of benzene rings is 1. The maximum atomic E-state index is 14.7. The molecule has 0 saturated carbocycles. The predicted octanol–water partition coefficient (Wildman–Crippen LogP) is 1.69. The number of carbonyl (C=O) groups excluding carboxylic acids is 3. The van der Waals surface area contributed by atoms with Crippen LogP contribution in [-0.4, -0.2) is 125 Å². The molecule has 0 bridgehead atoms. The highest BCUT2D eigenvalue weighted by Gasteiger charge is 2.75. The SMILES string of the molecule is CC(C)C[C@H](CO)N1C(=O)[C@@H]2[C@@H]3C(=O)N(Cc4ccccc4)CC=C[C@]3(C)O[C@@]23C=CCN(CCN2CCOCC2)C(=O)C13. The first-order valence-corrected chi connectivity index (χ1v) is 16.1. The van der Waals surface area contributed by atoms with Crippen molar-refractivity contribution in [2.45, 2.75) is 57.0 Å². The maximum Gasteiger partial charge on any atom is 0.249 e. The van der Waals surface area contributed by atoms with Crippen LogP contribution in [0, 0.1) is 17.8 Å². The molecule has 44 heavy (non-hydrogen) atoms. The number of hydrogen-bond donors (Lipinski definition) is 1. The Morgan fingerprint density at radius 1 is 0.909 bits per heavy atom. The normalized spacial score (nSPS) is 33.0. The lowest BCUT2D eigenvalue weighted by molar-refractivity contribution is -0.156. The van der Waals surface area contributed by atoms with Crippen molar-refractivity contribution in [2.75, 3.05) is 59.1 Å². The van der Waals surface area contributed by atoms with Gasteiger partial charge < -0.3 is 29.3 Å². The van der Waals surface area contributed by atoms with Crippen LogP contribution >= 0.6 is 0 Å². The van der Waals surface area contributed by atoms with Crippen molar-refractivity contribution in [3.05, 3.63) is 60.2 Å². The minimum atomic E-state index is -1.33. The molecule has 10 heteroatoms. The van der Waals surface area contributed by atoms with E-state index in [0.29, 0.717) is 52.4 Å². The number of morpholine rings is 1. The summed E-state index contributed by atoms with van der Waals surface area (Å²) in [5.74, 6) is -2.18. The summed E-state index contributed by atoms with van der Waals surface area (Å²) < 4.78 is 12.5. The lowest BCUT2D eigenvalue weighted by Crippen LogP contribution is -2.59. The predicted molar refractivity (Wildman–Crippen MR) is 164 cm³/mol. The zero-order valence-corrected chi connectivity index (χ0v) is 26.1. The van der Waals surface area contributed by atoms with E-state index < -0.39 is 35.1 Å². The van der Waals surface area contributed by atoms with Crippen LogP contribution in [-0.2, 0) is 30.4 Å². The second-order valence-electron chi connectivity index (χ2n) is 13.5. The Morgan fingerprint density at radius 3 is 2.32 bits per heavy atom. The summed E-state index contributed by atoms with van der Waals surface area (Å²) in [5.41, 5.74) is -1.41. The molecule has 5 aliphatic heterocycles. The second-order valence-corrected chi connectivity index (χ2v) is 13.5. The van der Waals surface area contributed by atoms with Gasteiger partial charge in [-0.25, -0.2) is 0 Å². The number of nitrogens with zero attached hydrogens (tertiary/aromatic N) is 4. The highest BCUT2D eigenvalue weighted by molar-refractivity contribution is 6.00. The molecule has 0 aromatic heterocycles. The van der Waals surface area contributed by atoms with E-state index >= 15 is 0 Å². The molecule has 1 unspecified atom stereocenters. The third kappa shape index (κ3) is 5.40. The molecule has 5 aliphatic rings. The van der Waals surface area contributed by atoms with Crippen LogP contribution in [0.4, 0.5) is 0 Å². The van der Waals surface area contributed by atoms with Gasteiger partial charge in [-0.3, -0.25) is 19.3 Å². The molecule has 1 aromatic carbocycles. The molecule has 1 aromatic rings. The van der Waals surface area contributed by atoms with E-state index in [4.69, 9.17) is 9.47 Å². The Bertz CT molecular complexity index is 1300. The van der Waals surface area contributed by atoms with E-state index in [9.17, 15) is 19.5 Å². The van der Waals surface area contributed by atoms with Crippen LogP contribution in [0.3, 0.4) is 0 Å². The first-order chi connectivity index (χ1) is 21.2. The van der Waals surface area contributed by atoms with Crippen LogP contribution in [0.2, 0.25) is 0 Å². The van der Waals surface area contributed by atoms with Crippen LogP contribution in [0.25, 0.3) is 0 Å². The largest absolute Gasteiger partial charge is 0.394 e. The molecule has 6 rings (SSSR count). The third-order valence-electron chi connectivity index (χ3n) is 10.0. The average Bonchev–Trinajstić information content (AvgIpc) is 3.30. The molecule has 3 fully saturated rings. The molecule has 1 spiro atoms. The summed E-state index contributed by atoms with van der Waals surface area (Å²) in [6.07, 6.45) is 8.21. The summed E-state index contributed by atoms with van der Waals surface area (Å²) in [4.78, 5) is 51.3. The monoisotopic (exact) mass is 606 g/mol. The summed E-state index contributed by atoms with van der Waals surface area (Å²) in [5, 5.41) is 10.6. The molecule has 3 saturated heterocycles. The van der Waals surface area contributed by atoms with Gasteiger partial charge in [-0.1, -0.05) is 68.5 Å². The quantitative estimate of drug-likeness (QED) is 0.427. The second kappa shape index (κ2) is 12.4. The van der Waals surface area contributed by atoms with Crippen molar-refractivity contribution in [1.29, 1.82) is 0 Å². The first-order valence-electron chi connectivity index (χ1n) is 16.1. The van der Waals surface area contributed by atoms with Crippen molar-refractivity contribution in [1.82, 2.24) is 19.6 Å². The number of carbonyl (C=O) groups is 3. The van der Waals surface area contributed by atoms with E-state index in [1.807, 2.05) is 75.4 Å². The fourth-order valence-electron chi connectivity index (χ4n) is 8.01. The van der Waals surface area contributed by atoms with Crippen LogP contribution in [0.1, 0.15) is 32.8 Å². The van der Waals surface area contributed by atoms with Crippen LogP contribution in [0.5, 0.6) is 0 Å². The standard InChI is InChI=1S/C34H46N4O6/c1-24(2)21-26(23-39)38-29-32(42)36(16-15-35-17-19-43-20-18-35)13-8-12-34(29)28(31(38)41)27-30(40)37(14-7-11-33(27,3)44-34)22-25-9-5-4-6-10-25/h4-12,24,26-29,39H,13-23H2,1-3H3/t26-,27-,28+,29?,33+,34+/m1/s1. The third-order valence-corrected chi connectivity index (χ3v) is 10.0. The van der Waals surface area contributed by atoms with Gasteiger partial charge in [0.05, 0.1) is 43.3 Å². The topological polar surface area (TPSA) is 103 Å². The Balaban J connectivity index is 1.37. The minimum absolute atomic E-state index is 0.157. The fraction of sp³-hybridized carbons (Fsp3) is 0.618. The highest BCUT2D eigenvalue weighted by Crippen LogP contribution is 2.58. The van der Waals surface area contributed by atoms with Crippen molar-refractivity contribution >= 4 is 17.7 Å². The molecular weight excluding hydrogens is 560 g/mol. The molecule has 238 valence electrons. The number of rotatable bonds is 9. The summed E-state index contributed by atoms with van der Waals surface area (Å²) in [6, 6.07) is 8.27. The maximum absolute atomic E-state index is 14.7. The summed E-state index contributed by atoms with van der Waals surface area (Å²) in [7, 11) is 0. The number of hydrogen-bond acceptors (Lipinski definition) is 7. The van der Waals surface area contributed by atoms with Gasteiger partial charge in [-0.15, -0.1) is 0 Å². The van der Waals surface area contributed by atoms with Gasteiger partial charge in [0.1, 0.15) is 11.6 Å². The smallest absolute Gasteiger partial charge is 0.249 e. The molecular formula is C34H46N4O6. The van der Waals surface area contributed by atoms with Crippen molar-refractivity contribution in [3.8, 4) is 0 Å². The van der Waals surface area contributed by atoms with Gasteiger partial charge in [0.2, 0.25) is 17.7 Å². The van der Waals surface area contributed by atoms with Gasteiger partial charge in [0.25, 0.3) is 0 Å². The van der Waals surface area contributed by atoms with E-state index in [2.05, 4.69) is 4.90 Å². The lowest BCUT2D eigenvalue weighted by Gasteiger charge is -2.40. The zero-order valence-electron chi connectivity index (χ0n) is 26.1. The number of fused-ring (bicyclic) bond motifs is 2. The first kappa shape index (κ1) is 31.0. The fourth-order valence-corrected chi connectivity index (χ4v) is 8.01. The van der Waals surface area contributed by atoms with Crippen molar-refractivity contribution in [3.63, 3.8) is 0 Å². The molecule has 6 atom stereocenters. The average molecular weight is 607 g/mol. The molecule has 0 aliphatic carbocycles. The van der Waals surface area contributed by atoms with Gasteiger partial charge in [0.15, 0.2) is 0 Å². The molecule has 1 N–H and O–H groups in total. The van der Waals surface area contributed by atoms with Crippen molar-refractivity contribution in [2.24, 2.45) is 17.8 Å². The Labute approximate surface area is 260 Å². The van der Waals surface area contributed by atoms with Gasteiger partial charge >= 0.3 is 0 Å². The molecule has 10 nitrogen and oxygen atoms in total. The molecule has 3 amide bonds. The highest BCUT2D eigenvalue weighted by atomic mass is 16.5. The minimum Gasteiger partial charge on any atom is -0.394 e. The summed E-state index contributed by atoms with van der Waals surface area (Å²) in [6.45, 7) is 11.1. The zero-order chi connectivity index (χ0) is 31.1. The van der Waals surface area contributed by atoms with E-state index in [0.717, 1.165) is 18.7 Å². The Hall–Kier alpha value is -3.05. The molecule has 5 heterocycles. The van der Waals surface area contributed by atoms with Crippen LogP contribution in [0.15, 0.2) is 54.6 Å². The number of ether oxygens (including phenoxy) is 2. The van der Waals surface area contributed by atoms with Crippen molar-refractivity contribution < 1.29 is 29.0 Å². The van der Waals surface area contributed by atoms with E-state index in [-0.39, 0.29) is 30.2 Å². The van der Waals surface area contributed by atoms with E-state index in [1.54, 1.807) is 14.7 Å².